The maximum Gasteiger partial charge on any atom is 0.411 e. The van der Waals surface area contributed by atoms with Gasteiger partial charge in [0.15, 0.2) is 0 Å². The van der Waals surface area contributed by atoms with Crippen LogP contribution in [0.2, 0.25) is 0 Å². The average molecular weight is 447 g/mol. The molecule has 10 heteroatoms. The second-order valence-electron chi connectivity index (χ2n) is 8.32. The zero-order valence-corrected chi connectivity index (χ0v) is 18.2. The quantitative estimate of drug-likeness (QED) is 0.653. The van der Waals surface area contributed by atoms with Gasteiger partial charge in [-0.05, 0) is 57.8 Å². The van der Waals surface area contributed by atoms with E-state index in [2.05, 4.69) is 5.32 Å². The van der Waals surface area contributed by atoms with E-state index in [1.165, 1.54) is 26.3 Å². The van der Waals surface area contributed by atoms with E-state index in [0.717, 1.165) is 24.8 Å². The highest BCUT2D eigenvalue weighted by molar-refractivity contribution is 5.94. The summed E-state index contributed by atoms with van der Waals surface area (Å²) in [5.74, 6) is -1.15. The molecule has 2 rings (SSSR count). The summed E-state index contributed by atoms with van der Waals surface area (Å²) in [5, 5.41) is 2.78. The summed E-state index contributed by atoms with van der Waals surface area (Å²) in [7, 11) is 2.55. The molecular formula is C21H29F4N3O3. The molecule has 2 amide bonds. The summed E-state index contributed by atoms with van der Waals surface area (Å²) in [6.07, 6.45) is -3.15. The maximum absolute atomic E-state index is 13.6. The number of piperidine rings is 1. The van der Waals surface area contributed by atoms with Crippen molar-refractivity contribution in [2.24, 2.45) is 5.92 Å². The van der Waals surface area contributed by atoms with Crippen LogP contribution in [-0.2, 0) is 4.79 Å². The number of rotatable bonds is 7. The average Bonchev–Trinajstić information content (AvgIpc) is 2.70. The minimum Gasteiger partial charge on any atom is -0.497 e. The third-order valence-corrected chi connectivity index (χ3v) is 5.89. The lowest BCUT2D eigenvalue weighted by atomic mass is 9.96. The van der Waals surface area contributed by atoms with Crippen molar-refractivity contribution in [3.05, 3.63) is 29.6 Å². The van der Waals surface area contributed by atoms with E-state index in [-0.39, 0.29) is 23.8 Å². The molecule has 0 saturated carbocycles. The van der Waals surface area contributed by atoms with Crippen molar-refractivity contribution in [3.63, 3.8) is 0 Å². The summed E-state index contributed by atoms with van der Waals surface area (Å²) >= 11 is 0. The first-order chi connectivity index (χ1) is 14.3. The first kappa shape index (κ1) is 24.9. The fourth-order valence-electron chi connectivity index (χ4n) is 3.30. The van der Waals surface area contributed by atoms with E-state index in [9.17, 15) is 27.2 Å². The number of alkyl halides is 3. The van der Waals surface area contributed by atoms with Gasteiger partial charge in [0.1, 0.15) is 17.1 Å². The fourth-order valence-corrected chi connectivity index (χ4v) is 3.30. The molecule has 1 saturated heterocycles. The van der Waals surface area contributed by atoms with Crippen molar-refractivity contribution in [1.82, 2.24) is 15.1 Å². The van der Waals surface area contributed by atoms with Crippen LogP contribution in [0.5, 0.6) is 5.75 Å². The second-order valence-corrected chi connectivity index (χ2v) is 8.32. The summed E-state index contributed by atoms with van der Waals surface area (Å²) in [4.78, 5) is 27.2. The number of halogens is 4. The Balaban J connectivity index is 1.81. The summed E-state index contributed by atoms with van der Waals surface area (Å²) in [6.45, 7) is 3.35. The molecule has 31 heavy (non-hydrogen) atoms. The van der Waals surface area contributed by atoms with E-state index in [0.29, 0.717) is 32.5 Å². The van der Waals surface area contributed by atoms with Gasteiger partial charge in [-0.15, -0.1) is 0 Å². The van der Waals surface area contributed by atoms with Crippen LogP contribution in [0.3, 0.4) is 0 Å². The van der Waals surface area contributed by atoms with Crippen LogP contribution >= 0.6 is 0 Å². The van der Waals surface area contributed by atoms with Crippen molar-refractivity contribution in [2.75, 3.05) is 40.3 Å². The predicted molar refractivity (Wildman–Crippen MR) is 107 cm³/mol. The Hall–Kier alpha value is -2.36. The van der Waals surface area contributed by atoms with Crippen LogP contribution < -0.4 is 10.1 Å². The zero-order chi connectivity index (χ0) is 23.4. The second kappa shape index (κ2) is 9.84. The molecule has 6 nitrogen and oxygen atoms in total. The van der Waals surface area contributed by atoms with E-state index in [1.807, 2.05) is 4.90 Å². The van der Waals surface area contributed by atoms with E-state index in [4.69, 9.17) is 4.74 Å². The van der Waals surface area contributed by atoms with Crippen LogP contribution in [0, 0.1) is 11.7 Å². The van der Waals surface area contributed by atoms with E-state index < -0.39 is 29.3 Å². The molecule has 0 unspecified atom stereocenters. The van der Waals surface area contributed by atoms with Crippen LogP contribution in [0.1, 0.15) is 37.0 Å². The topological polar surface area (TPSA) is 61.9 Å². The highest BCUT2D eigenvalue weighted by Crippen LogP contribution is 2.34. The molecule has 1 heterocycles. The molecule has 0 spiro atoms. The van der Waals surface area contributed by atoms with Crippen molar-refractivity contribution in [3.8, 4) is 5.75 Å². The maximum atomic E-state index is 13.6. The highest BCUT2D eigenvalue weighted by Gasteiger charge is 2.51. The van der Waals surface area contributed by atoms with Crippen LogP contribution in [0.4, 0.5) is 17.6 Å². The van der Waals surface area contributed by atoms with Gasteiger partial charge in [-0.2, -0.15) is 13.2 Å². The highest BCUT2D eigenvalue weighted by atomic mass is 19.4. The predicted octanol–water partition coefficient (Wildman–Crippen LogP) is 3.08. The largest absolute Gasteiger partial charge is 0.497 e. The van der Waals surface area contributed by atoms with Gasteiger partial charge in [0.05, 0.1) is 13.7 Å². The summed E-state index contributed by atoms with van der Waals surface area (Å²) in [6, 6.07) is 3.76. The lowest BCUT2D eigenvalue weighted by molar-refractivity contribution is -0.217. The van der Waals surface area contributed by atoms with Crippen molar-refractivity contribution in [2.45, 2.75) is 38.4 Å². The number of methoxy groups -OCH3 is 1. The smallest absolute Gasteiger partial charge is 0.411 e. The molecule has 1 fully saturated rings. The number of carbonyl (C=O) groups excluding carboxylic acids is 2. The minimum atomic E-state index is -4.52. The van der Waals surface area contributed by atoms with Gasteiger partial charge in [-0.1, -0.05) is 0 Å². The monoisotopic (exact) mass is 447 g/mol. The molecular weight excluding hydrogens is 418 g/mol. The van der Waals surface area contributed by atoms with Crippen LogP contribution in [-0.4, -0.2) is 73.7 Å². The van der Waals surface area contributed by atoms with Crippen molar-refractivity contribution in [1.29, 1.82) is 0 Å². The van der Waals surface area contributed by atoms with Crippen molar-refractivity contribution >= 4 is 11.8 Å². The number of amides is 2. The third-order valence-electron chi connectivity index (χ3n) is 5.89. The molecule has 1 aliphatic rings. The number of ether oxygens (including phenoxy) is 1. The number of nitrogens with one attached hydrogen (secondary N) is 1. The molecule has 1 aliphatic heterocycles. The lowest BCUT2D eigenvalue weighted by Crippen LogP contribution is -2.57. The van der Waals surface area contributed by atoms with Crippen molar-refractivity contribution < 1.29 is 31.9 Å². The Kier molecular flexibility index (Phi) is 7.91. The van der Waals surface area contributed by atoms with E-state index >= 15 is 0 Å². The Bertz CT molecular complexity index is 791. The number of likely N-dealkylation sites (N-methyl/N-ethyl adjacent to an activating group) is 1. The number of benzene rings is 1. The van der Waals surface area contributed by atoms with Gasteiger partial charge < -0.3 is 15.0 Å². The van der Waals surface area contributed by atoms with E-state index in [1.54, 1.807) is 0 Å². The number of nitrogens with zero attached hydrogens (tertiary/aromatic N) is 2. The van der Waals surface area contributed by atoms with Crippen LogP contribution in [0.15, 0.2) is 18.2 Å². The molecule has 0 radical (unpaired) electrons. The zero-order valence-electron chi connectivity index (χ0n) is 18.2. The minimum absolute atomic E-state index is 0.0851. The van der Waals surface area contributed by atoms with Gasteiger partial charge in [0.25, 0.3) is 5.91 Å². The SMILES string of the molecule is COc1cc(F)cc(C(=O)NCC2CCN(CC(=O)N(C)C(C)(C)C(F)(F)F)CC2)c1. The Morgan fingerprint density at radius 3 is 2.35 bits per heavy atom. The van der Waals surface area contributed by atoms with Gasteiger partial charge in [0, 0.05) is 25.2 Å². The van der Waals surface area contributed by atoms with Gasteiger partial charge in [-0.25, -0.2) is 4.39 Å². The molecule has 1 N–H and O–H groups in total. The van der Waals surface area contributed by atoms with Crippen LogP contribution in [0.25, 0.3) is 0 Å². The number of hydrogen-bond donors (Lipinski definition) is 1. The molecule has 0 atom stereocenters. The molecule has 0 aliphatic carbocycles. The third kappa shape index (κ3) is 6.32. The first-order valence-corrected chi connectivity index (χ1v) is 10.0. The standard InChI is InChI=1S/C21H29F4N3O3/c1-20(2,21(23,24)25)27(3)18(29)13-28-7-5-14(6-8-28)12-26-19(30)15-9-16(22)11-17(10-15)31-4/h9-11,14H,5-8,12-13H2,1-4H3,(H,26,30). The molecule has 1 aromatic rings. The number of hydrogen-bond acceptors (Lipinski definition) is 4. The number of likely N-dealkylation sites (tertiary alicyclic amines) is 1. The first-order valence-electron chi connectivity index (χ1n) is 10.0. The van der Waals surface area contributed by atoms with Gasteiger partial charge >= 0.3 is 6.18 Å². The molecule has 174 valence electrons. The van der Waals surface area contributed by atoms with Gasteiger partial charge in [0.2, 0.25) is 5.91 Å². The normalized spacial score (nSPS) is 16.1. The Morgan fingerprint density at radius 1 is 1.19 bits per heavy atom. The fraction of sp³-hybridized carbons (Fsp3) is 0.619. The Morgan fingerprint density at radius 2 is 1.81 bits per heavy atom. The van der Waals surface area contributed by atoms with Gasteiger partial charge in [-0.3, -0.25) is 14.5 Å². The molecule has 0 aromatic heterocycles. The molecule has 1 aromatic carbocycles. The number of carbonyl (C=O) groups is 2. The summed E-state index contributed by atoms with van der Waals surface area (Å²) < 4.78 is 57.9. The lowest BCUT2D eigenvalue weighted by Gasteiger charge is -2.39. The Labute approximate surface area is 179 Å². The molecule has 0 bridgehead atoms. The summed E-state index contributed by atoms with van der Waals surface area (Å²) in [5.41, 5.74) is -2.08.